The number of esters is 2. The van der Waals surface area contributed by atoms with Gasteiger partial charge in [-0.2, -0.15) is 0 Å². The van der Waals surface area contributed by atoms with Crippen LogP contribution >= 0.6 is 0 Å². The first-order valence-electron chi connectivity index (χ1n) is 9.32. The third-order valence-corrected chi connectivity index (χ3v) is 4.50. The van der Waals surface area contributed by atoms with Gasteiger partial charge in [-0.1, -0.05) is 60.3 Å². The van der Waals surface area contributed by atoms with Gasteiger partial charge in [0.2, 0.25) is 0 Å². The van der Waals surface area contributed by atoms with Crippen LogP contribution in [0.15, 0.2) is 0 Å². The zero-order valence-electron chi connectivity index (χ0n) is 15.8. The van der Waals surface area contributed by atoms with Crippen molar-refractivity contribution < 1.29 is 19.1 Å². The van der Waals surface area contributed by atoms with Gasteiger partial charge in [-0.3, -0.25) is 9.59 Å². The molecule has 0 aromatic heterocycles. The molecule has 0 aromatic rings. The quantitative estimate of drug-likeness (QED) is 0.274. The predicted molar refractivity (Wildman–Crippen MR) is 93.1 cm³/mol. The van der Waals surface area contributed by atoms with Crippen LogP contribution in [0.4, 0.5) is 0 Å². The van der Waals surface area contributed by atoms with Crippen LogP contribution in [0.2, 0.25) is 0 Å². The molecule has 0 aromatic carbocycles. The lowest BCUT2D eigenvalue weighted by Gasteiger charge is -2.27. The second-order valence-electron chi connectivity index (χ2n) is 6.48. The zero-order chi connectivity index (χ0) is 17.7. The molecule has 4 heteroatoms. The minimum atomic E-state index is -1.14. The summed E-state index contributed by atoms with van der Waals surface area (Å²) in [4.78, 5) is 24.9. The van der Waals surface area contributed by atoms with E-state index in [-0.39, 0.29) is 0 Å². The molecule has 0 saturated heterocycles. The topological polar surface area (TPSA) is 52.6 Å². The third kappa shape index (κ3) is 7.36. The van der Waals surface area contributed by atoms with Crippen LogP contribution in [0.25, 0.3) is 0 Å². The number of carbonyl (C=O) groups excluding carboxylic acids is 2. The van der Waals surface area contributed by atoms with E-state index in [9.17, 15) is 9.59 Å². The van der Waals surface area contributed by atoms with E-state index in [2.05, 4.69) is 20.8 Å². The van der Waals surface area contributed by atoms with Crippen LogP contribution in [0.1, 0.15) is 86.0 Å². The summed E-state index contributed by atoms with van der Waals surface area (Å²) in [7, 11) is 0. The van der Waals surface area contributed by atoms with E-state index >= 15 is 0 Å². The minimum absolute atomic E-state index is 0.320. The minimum Gasteiger partial charge on any atom is -0.465 e. The summed E-state index contributed by atoms with van der Waals surface area (Å²) < 4.78 is 10.8. The molecule has 0 N–H and O–H groups in total. The summed E-state index contributed by atoms with van der Waals surface area (Å²) in [5.41, 5.74) is -1.14. The Morgan fingerprint density at radius 2 is 1.48 bits per heavy atom. The molecular formula is C19H36O4. The first-order valence-corrected chi connectivity index (χ1v) is 9.32. The second-order valence-corrected chi connectivity index (χ2v) is 6.48. The van der Waals surface area contributed by atoms with Crippen molar-refractivity contribution >= 4 is 11.9 Å². The van der Waals surface area contributed by atoms with Gasteiger partial charge in [-0.15, -0.1) is 0 Å². The lowest BCUT2D eigenvalue weighted by Crippen LogP contribution is -2.41. The molecular weight excluding hydrogens is 292 g/mol. The fourth-order valence-electron chi connectivity index (χ4n) is 2.67. The highest BCUT2D eigenvalue weighted by Crippen LogP contribution is 2.30. The monoisotopic (exact) mass is 328 g/mol. The molecule has 0 radical (unpaired) electrons. The molecule has 0 amide bonds. The van der Waals surface area contributed by atoms with E-state index < -0.39 is 17.4 Å². The van der Waals surface area contributed by atoms with Crippen molar-refractivity contribution in [2.75, 3.05) is 13.2 Å². The standard InChI is InChI=1S/C19H36O4/c1-6-10-11-12-14-22-17(20)19(8-3,9-4)18(21)23-15-16(5)13-7-2/h16H,6-15H2,1-5H3. The summed E-state index contributed by atoms with van der Waals surface area (Å²) in [6, 6.07) is 0. The summed E-state index contributed by atoms with van der Waals surface area (Å²) >= 11 is 0. The molecule has 23 heavy (non-hydrogen) atoms. The molecule has 0 rings (SSSR count). The number of rotatable bonds is 13. The van der Waals surface area contributed by atoms with Gasteiger partial charge in [0.15, 0.2) is 5.41 Å². The van der Waals surface area contributed by atoms with E-state index in [1.807, 2.05) is 13.8 Å². The van der Waals surface area contributed by atoms with E-state index in [1.165, 1.54) is 0 Å². The maximum atomic E-state index is 12.5. The van der Waals surface area contributed by atoms with Gasteiger partial charge in [-0.25, -0.2) is 0 Å². The van der Waals surface area contributed by atoms with Gasteiger partial charge < -0.3 is 9.47 Å². The van der Waals surface area contributed by atoms with Gasteiger partial charge >= 0.3 is 11.9 Å². The molecule has 1 atom stereocenters. The summed E-state index contributed by atoms with van der Waals surface area (Å²) in [6.45, 7) is 10.8. The van der Waals surface area contributed by atoms with Crippen molar-refractivity contribution in [3.63, 3.8) is 0 Å². The molecule has 0 fully saturated rings. The van der Waals surface area contributed by atoms with Crippen LogP contribution in [-0.4, -0.2) is 25.2 Å². The molecule has 0 bridgehead atoms. The lowest BCUT2D eigenvalue weighted by atomic mass is 9.82. The number of unbranched alkanes of at least 4 members (excludes halogenated alkanes) is 3. The molecule has 0 aliphatic carbocycles. The van der Waals surface area contributed by atoms with Crippen LogP contribution in [0.5, 0.6) is 0 Å². The van der Waals surface area contributed by atoms with E-state index in [4.69, 9.17) is 9.47 Å². The van der Waals surface area contributed by atoms with Crippen molar-refractivity contribution in [3.8, 4) is 0 Å². The Morgan fingerprint density at radius 1 is 0.870 bits per heavy atom. The first-order chi connectivity index (χ1) is 11.0. The van der Waals surface area contributed by atoms with Crippen molar-refractivity contribution in [2.24, 2.45) is 11.3 Å². The number of hydrogen-bond acceptors (Lipinski definition) is 4. The fraction of sp³-hybridized carbons (Fsp3) is 0.895. The second kappa shape index (κ2) is 12.4. The highest BCUT2D eigenvalue weighted by molar-refractivity contribution is 5.99. The Balaban J connectivity index is 4.56. The van der Waals surface area contributed by atoms with Gasteiger partial charge in [0.25, 0.3) is 0 Å². The Morgan fingerprint density at radius 3 is 2.00 bits per heavy atom. The largest absolute Gasteiger partial charge is 0.465 e. The average molecular weight is 328 g/mol. The van der Waals surface area contributed by atoms with Gasteiger partial charge in [-0.05, 0) is 31.6 Å². The molecule has 0 saturated carbocycles. The first kappa shape index (κ1) is 21.9. The smallest absolute Gasteiger partial charge is 0.323 e. The highest BCUT2D eigenvalue weighted by Gasteiger charge is 2.45. The molecule has 136 valence electrons. The van der Waals surface area contributed by atoms with E-state index in [0.717, 1.165) is 38.5 Å². The third-order valence-electron chi connectivity index (χ3n) is 4.50. The molecule has 4 nitrogen and oxygen atoms in total. The Kier molecular flexibility index (Phi) is 11.8. The Hall–Kier alpha value is -1.06. The summed E-state index contributed by atoms with van der Waals surface area (Å²) in [5.74, 6) is -0.531. The van der Waals surface area contributed by atoms with Crippen LogP contribution in [0.3, 0.4) is 0 Å². The Bertz CT molecular complexity index is 334. The molecule has 0 aliphatic heterocycles. The van der Waals surface area contributed by atoms with Crippen LogP contribution in [0, 0.1) is 11.3 Å². The summed E-state index contributed by atoms with van der Waals surface area (Å²) in [5, 5.41) is 0. The van der Waals surface area contributed by atoms with E-state index in [1.54, 1.807) is 0 Å². The number of ether oxygens (including phenoxy) is 2. The predicted octanol–water partition coefficient (Wildman–Crippen LogP) is 4.90. The van der Waals surface area contributed by atoms with Gasteiger partial charge in [0.05, 0.1) is 13.2 Å². The molecule has 0 heterocycles. The van der Waals surface area contributed by atoms with Crippen molar-refractivity contribution in [1.29, 1.82) is 0 Å². The summed E-state index contributed by atoms with van der Waals surface area (Å²) in [6.07, 6.45) is 7.09. The van der Waals surface area contributed by atoms with Gasteiger partial charge in [0.1, 0.15) is 0 Å². The maximum Gasteiger partial charge on any atom is 0.323 e. The highest BCUT2D eigenvalue weighted by atomic mass is 16.6. The zero-order valence-corrected chi connectivity index (χ0v) is 15.8. The molecule has 0 aliphatic rings. The fourth-order valence-corrected chi connectivity index (χ4v) is 2.67. The number of carbonyl (C=O) groups is 2. The average Bonchev–Trinajstić information content (AvgIpc) is 2.54. The van der Waals surface area contributed by atoms with Gasteiger partial charge in [0, 0.05) is 0 Å². The van der Waals surface area contributed by atoms with Crippen molar-refractivity contribution in [1.82, 2.24) is 0 Å². The molecule has 0 spiro atoms. The normalized spacial score (nSPS) is 12.7. The molecule has 1 unspecified atom stereocenters. The lowest BCUT2D eigenvalue weighted by molar-refractivity contribution is -0.174. The Labute approximate surface area is 142 Å². The SMILES string of the molecule is CCCCCCOC(=O)C(CC)(CC)C(=O)OCC(C)CCC. The number of hydrogen-bond donors (Lipinski definition) is 0. The van der Waals surface area contributed by atoms with Crippen molar-refractivity contribution in [3.05, 3.63) is 0 Å². The van der Waals surface area contributed by atoms with Crippen LogP contribution < -0.4 is 0 Å². The van der Waals surface area contributed by atoms with Crippen molar-refractivity contribution in [2.45, 2.75) is 86.0 Å². The maximum absolute atomic E-state index is 12.5. The van der Waals surface area contributed by atoms with Crippen LogP contribution in [-0.2, 0) is 19.1 Å². The van der Waals surface area contributed by atoms with E-state index in [0.29, 0.717) is 32.0 Å².